The van der Waals surface area contributed by atoms with Crippen LogP contribution in [0, 0.1) is 0 Å². The van der Waals surface area contributed by atoms with Crippen molar-refractivity contribution in [3.05, 3.63) is 59.1 Å². The minimum atomic E-state index is -0.363. The normalized spacial score (nSPS) is 11.9. The van der Waals surface area contributed by atoms with E-state index in [1.54, 1.807) is 6.92 Å². The zero-order chi connectivity index (χ0) is 16.9. The summed E-state index contributed by atoms with van der Waals surface area (Å²) in [5.74, 6) is 0.320. The second-order valence-electron chi connectivity index (χ2n) is 5.00. The standard InChI is InChI=1S/C17H14BrN3O2S/c1-11(15(22)19-14-9-7-13(18)8-10-14)24-17-21-20-16(23-17)12-5-3-2-4-6-12/h2-11H,1H3,(H,19,22)/t11-/m0/s1. The Bertz CT molecular complexity index is 821. The quantitative estimate of drug-likeness (QED) is 0.629. The fourth-order valence-electron chi connectivity index (χ4n) is 1.94. The molecule has 1 amide bonds. The van der Waals surface area contributed by atoms with Gasteiger partial charge in [-0.3, -0.25) is 4.79 Å². The molecule has 0 saturated heterocycles. The summed E-state index contributed by atoms with van der Waals surface area (Å²) in [7, 11) is 0. The maximum absolute atomic E-state index is 12.2. The topological polar surface area (TPSA) is 68.0 Å². The first-order valence-corrected chi connectivity index (χ1v) is 8.91. The summed E-state index contributed by atoms with van der Waals surface area (Å²) in [6.07, 6.45) is 0. The van der Waals surface area contributed by atoms with Gasteiger partial charge in [0.05, 0.1) is 5.25 Å². The second-order valence-corrected chi connectivity index (χ2v) is 7.20. The van der Waals surface area contributed by atoms with Crippen LogP contribution in [0.4, 0.5) is 5.69 Å². The molecule has 0 radical (unpaired) electrons. The molecule has 122 valence electrons. The van der Waals surface area contributed by atoms with Gasteiger partial charge in [0.15, 0.2) is 0 Å². The van der Waals surface area contributed by atoms with Crippen molar-refractivity contribution < 1.29 is 9.21 Å². The van der Waals surface area contributed by atoms with Crippen LogP contribution < -0.4 is 5.32 Å². The average molecular weight is 404 g/mol. The lowest BCUT2D eigenvalue weighted by molar-refractivity contribution is -0.115. The Morgan fingerprint density at radius 1 is 1.12 bits per heavy atom. The van der Waals surface area contributed by atoms with E-state index in [9.17, 15) is 4.79 Å². The van der Waals surface area contributed by atoms with Crippen molar-refractivity contribution in [1.29, 1.82) is 0 Å². The Labute approximate surface area is 152 Å². The van der Waals surface area contributed by atoms with Crippen LogP contribution in [0.2, 0.25) is 0 Å². The molecule has 0 aliphatic rings. The van der Waals surface area contributed by atoms with E-state index in [2.05, 4.69) is 31.4 Å². The number of carbonyl (C=O) groups is 1. The van der Waals surface area contributed by atoms with Crippen LogP contribution in [0.15, 0.2) is 68.7 Å². The first-order chi connectivity index (χ1) is 11.6. The Hall–Kier alpha value is -2.12. The van der Waals surface area contributed by atoms with Crippen molar-refractivity contribution in [2.24, 2.45) is 0 Å². The van der Waals surface area contributed by atoms with Crippen molar-refractivity contribution in [2.45, 2.75) is 17.4 Å². The van der Waals surface area contributed by atoms with Gasteiger partial charge in [-0.1, -0.05) is 45.9 Å². The molecule has 1 atom stereocenters. The lowest BCUT2D eigenvalue weighted by atomic mass is 10.2. The van der Waals surface area contributed by atoms with E-state index in [1.165, 1.54) is 11.8 Å². The first-order valence-electron chi connectivity index (χ1n) is 7.24. The molecule has 2 aromatic carbocycles. The Morgan fingerprint density at radius 3 is 2.54 bits per heavy atom. The van der Waals surface area contributed by atoms with E-state index < -0.39 is 0 Å². The summed E-state index contributed by atoms with van der Waals surface area (Å²) >= 11 is 4.59. The van der Waals surface area contributed by atoms with Crippen molar-refractivity contribution in [3.8, 4) is 11.5 Å². The van der Waals surface area contributed by atoms with Crippen molar-refractivity contribution >= 4 is 39.3 Å². The number of nitrogens with one attached hydrogen (secondary N) is 1. The van der Waals surface area contributed by atoms with Gasteiger partial charge in [-0.05, 0) is 43.3 Å². The highest BCUT2D eigenvalue weighted by molar-refractivity contribution is 9.10. The van der Waals surface area contributed by atoms with Gasteiger partial charge in [-0.25, -0.2) is 0 Å². The van der Waals surface area contributed by atoms with Crippen LogP contribution in [0.25, 0.3) is 11.5 Å². The molecule has 0 spiro atoms. The molecular formula is C17H14BrN3O2S. The number of thioether (sulfide) groups is 1. The number of anilines is 1. The Kier molecular flexibility index (Phi) is 5.32. The van der Waals surface area contributed by atoms with Gasteiger partial charge in [0.1, 0.15) is 0 Å². The molecule has 7 heteroatoms. The first kappa shape index (κ1) is 16.7. The van der Waals surface area contributed by atoms with E-state index in [1.807, 2.05) is 54.6 Å². The number of halogens is 1. The van der Waals surface area contributed by atoms with E-state index in [0.717, 1.165) is 15.7 Å². The van der Waals surface area contributed by atoms with Gasteiger partial charge in [0, 0.05) is 15.7 Å². The van der Waals surface area contributed by atoms with E-state index in [-0.39, 0.29) is 11.2 Å². The molecule has 3 rings (SSSR count). The van der Waals surface area contributed by atoms with E-state index in [4.69, 9.17) is 4.42 Å². The van der Waals surface area contributed by atoms with Crippen molar-refractivity contribution in [2.75, 3.05) is 5.32 Å². The van der Waals surface area contributed by atoms with Gasteiger partial charge in [0.25, 0.3) is 5.22 Å². The number of rotatable bonds is 5. The Balaban J connectivity index is 1.62. The maximum atomic E-state index is 12.2. The fraction of sp³-hybridized carbons (Fsp3) is 0.118. The number of amides is 1. The summed E-state index contributed by atoms with van der Waals surface area (Å²) < 4.78 is 6.57. The molecule has 3 aromatic rings. The number of carbonyl (C=O) groups excluding carboxylic acids is 1. The van der Waals surface area contributed by atoms with Crippen molar-refractivity contribution in [1.82, 2.24) is 10.2 Å². The number of aromatic nitrogens is 2. The number of hydrogen-bond acceptors (Lipinski definition) is 5. The highest BCUT2D eigenvalue weighted by Gasteiger charge is 2.18. The zero-order valence-electron chi connectivity index (χ0n) is 12.8. The third kappa shape index (κ3) is 4.24. The molecule has 0 saturated carbocycles. The van der Waals surface area contributed by atoms with Gasteiger partial charge in [0.2, 0.25) is 11.8 Å². The molecule has 0 fully saturated rings. The van der Waals surface area contributed by atoms with Crippen LogP contribution in [-0.2, 0) is 4.79 Å². The molecule has 0 bridgehead atoms. The maximum Gasteiger partial charge on any atom is 0.277 e. The average Bonchev–Trinajstić information content (AvgIpc) is 3.06. The van der Waals surface area contributed by atoms with Crippen molar-refractivity contribution in [3.63, 3.8) is 0 Å². The summed E-state index contributed by atoms with van der Waals surface area (Å²) in [6.45, 7) is 1.80. The van der Waals surface area contributed by atoms with Crippen LogP contribution in [-0.4, -0.2) is 21.4 Å². The van der Waals surface area contributed by atoms with E-state index in [0.29, 0.717) is 11.1 Å². The SMILES string of the molecule is C[C@H](Sc1nnc(-c2ccccc2)o1)C(=O)Nc1ccc(Br)cc1. The zero-order valence-corrected chi connectivity index (χ0v) is 15.2. The van der Waals surface area contributed by atoms with Crippen LogP contribution in [0.5, 0.6) is 0 Å². The summed E-state index contributed by atoms with van der Waals surface area (Å²) in [4.78, 5) is 12.2. The fourth-order valence-corrected chi connectivity index (χ4v) is 2.88. The molecule has 1 aromatic heterocycles. The highest BCUT2D eigenvalue weighted by Crippen LogP contribution is 2.26. The summed E-state index contributed by atoms with van der Waals surface area (Å²) in [5, 5.41) is 10.9. The van der Waals surface area contributed by atoms with Gasteiger partial charge in [-0.2, -0.15) is 0 Å². The Morgan fingerprint density at radius 2 is 1.83 bits per heavy atom. The third-order valence-electron chi connectivity index (χ3n) is 3.19. The third-order valence-corrected chi connectivity index (χ3v) is 4.65. The lowest BCUT2D eigenvalue weighted by Gasteiger charge is -2.09. The summed E-state index contributed by atoms with van der Waals surface area (Å²) in [5.41, 5.74) is 1.59. The number of hydrogen-bond donors (Lipinski definition) is 1. The summed E-state index contributed by atoms with van der Waals surface area (Å²) in [6, 6.07) is 16.9. The highest BCUT2D eigenvalue weighted by atomic mass is 79.9. The molecule has 1 N–H and O–H groups in total. The van der Waals surface area contributed by atoms with Crippen LogP contribution in [0.3, 0.4) is 0 Å². The molecular weight excluding hydrogens is 390 g/mol. The minimum absolute atomic E-state index is 0.123. The molecule has 0 aliphatic carbocycles. The van der Waals surface area contributed by atoms with Crippen LogP contribution in [0.1, 0.15) is 6.92 Å². The number of nitrogens with zero attached hydrogens (tertiary/aromatic N) is 2. The minimum Gasteiger partial charge on any atom is -0.411 e. The largest absolute Gasteiger partial charge is 0.411 e. The molecule has 5 nitrogen and oxygen atoms in total. The molecule has 1 heterocycles. The monoisotopic (exact) mass is 403 g/mol. The van der Waals surface area contributed by atoms with Crippen LogP contribution >= 0.6 is 27.7 Å². The molecule has 0 unspecified atom stereocenters. The van der Waals surface area contributed by atoms with Gasteiger partial charge in [-0.15, -0.1) is 10.2 Å². The number of benzene rings is 2. The lowest BCUT2D eigenvalue weighted by Crippen LogP contribution is -2.22. The van der Waals surface area contributed by atoms with Gasteiger partial charge >= 0.3 is 0 Å². The van der Waals surface area contributed by atoms with E-state index >= 15 is 0 Å². The smallest absolute Gasteiger partial charge is 0.277 e. The predicted molar refractivity (Wildman–Crippen MR) is 97.8 cm³/mol. The second kappa shape index (κ2) is 7.63. The predicted octanol–water partition coefficient (Wildman–Crippen LogP) is 4.62. The van der Waals surface area contributed by atoms with Gasteiger partial charge < -0.3 is 9.73 Å². The molecule has 24 heavy (non-hydrogen) atoms. The molecule has 0 aliphatic heterocycles.